The van der Waals surface area contributed by atoms with Crippen molar-refractivity contribution < 1.29 is 0 Å². The van der Waals surface area contributed by atoms with Gasteiger partial charge in [-0.05, 0) is 30.9 Å². The fourth-order valence-electron chi connectivity index (χ4n) is 1.56. The third-order valence-corrected chi connectivity index (χ3v) is 4.69. The number of aryl methyl sites for hydroxylation is 1. The van der Waals surface area contributed by atoms with Crippen LogP contribution in [0.3, 0.4) is 0 Å². The normalized spacial score (nSPS) is 14.5. The molecule has 0 spiro atoms. The van der Waals surface area contributed by atoms with Crippen molar-refractivity contribution in [1.82, 2.24) is 9.36 Å². The molecular formula is C12H15N3S2. The predicted octanol–water partition coefficient (Wildman–Crippen LogP) is 3.03. The molecule has 0 aliphatic carbocycles. The van der Waals surface area contributed by atoms with E-state index in [0.717, 1.165) is 4.34 Å². The van der Waals surface area contributed by atoms with Gasteiger partial charge in [-0.1, -0.05) is 41.6 Å². The van der Waals surface area contributed by atoms with Crippen LogP contribution in [0.5, 0.6) is 0 Å². The summed E-state index contributed by atoms with van der Waals surface area (Å²) in [6, 6.07) is 8.58. The summed E-state index contributed by atoms with van der Waals surface area (Å²) in [5.74, 6) is 0. The van der Waals surface area contributed by atoms with Gasteiger partial charge < -0.3 is 5.73 Å². The SMILES string of the molecule is Cc1ccc(C(Sc2ncns2)C(C)N)cc1. The molecule has 2 rings (SSSR count). The Morgan fingerprint density at radius 2 is 2.00 bits per heavy atom. The van der Waals surface area contributed by atoms with Crippen LogP contribution in [0, 0.1) is 6.92 Å². The molecule has 1 aromatic carbocycles. The van der Waals surface area contributed by atoms with Crippen LogP contribution in [-0.2, 0) is 0 Å². The summed E-state index contributed by atoms with van der Waals surface area (Å²) in [5.41, 5.74) is 8.56. The van der Waals surface area contributed by atoms with Crippen molar-refractivity contribution in [3.8, 4) is 0 Å². The number of aromatic nitrogens is 2. The zero-order valence-corrected chi connectivity index (χ0v) is 11.5. The van der Waals surface area contributed by atoms with Crippen molar-refractivity contribution in [1.29, 1.82) is 0 Å². The van der Waals surface area contributed by atoms with Gasteiger partial charge in [-0.3, -0.25) is 0 Å². The van der Waals surface area contributed by atoms with E-state index in [1.165, 1.54) is 22.7 Å². The van der Waals surface area contributed by atoms with E-state index >= 15 is 0 Å². The van der Waals surface area contributed by atoms with Gasteiger partial charge in [-0.15, -0.1) is 0 Å². The standard InChI is InChI=1S/C12H15N3S2/c1-8-3-5-10(6-4-8)11(9(2)13)16-12-14-7-15-17-12/h3-7,9,11H,13H2,1-2H3. The molecule has 2 aromatic rings. The molecule has 2 atom stereocenters. The number of benzene rings is 1. The molecular weight excluding hydrogens is 250 g/mol. The number of rotatable bonds is 4. The predicted molar refractivity (Wildman–Crippen MR) is 73.3 cm³/mol. The number of hydrogen-bond acceptors (Lipinski definition) is 5. The van der Waals surface area contributed by atoms with Crippen molar-refractivity contribution in [2.75, 3.05) is 0 Å². The second kappa shape index (κ2) is 5.62. The van der Waals surface area contributed by atoms with Crippen LogP contribution >= 0.6 is 23.3 Å². The Balaban J connectivity index is 2.20. The van der Waals surface area contributed by atoms with Crippen LogP contribution < -0.4 is 5.73 Å². The highest BCUT2D eigenvalue weighted by atomic mass is 32.2. The third-order valence-electron chi connectivity index (χ3n) is 2.45. The highest BCUT2D eigenvalue weighted by Crippen LogP contribution is 2.37. The second-order valence-corrected chi connectivity index (χ2v) is 6.18. The summed E-state index contributed by atoms with van der Waals surface area (Å²) in [7, 11) is 0. The first-order valence-corrected chi connectivity index (χ1v) is 7.07. The lowest BCUT2D eigenvalue weighted by atomic mass is 10.1. The molecule has 0 saturated carbocycles. The molecule has 0 saturated heterocycles. The van der Waals surface area contributed by atoms with Crippen molar-refractivity contribution in [2.45, 2.75) is 29.5 Å². The number of thioether (sulfide) groups is 1. The van der Waals surface area contributed by atoms with E-state index in [1.807, 2.05) is 6.92 Å². The van der Waals surface area contributed by atoms with Crippen molar-refractivity contribution in [3.05, 3.63) is 41.7 Å². The molecule has 0 aliphatic rings. The van der Waals surface area contributed by atoms with Gasteiger partial charge >= 0.3 is 0 Å². The molecule has 0 fully saturated rings. The van der Waals surface area contributed by atoms with Gasteiger partial charge in [0, 0.05) is 6.04 Å². The van der Waals surface area contributed by atoms with Crippen LogP contribution in [0.1, 0.15) is 23.3 Å². The van der Waals surface area contributed by atoms with Crippen LogP contribution in [0.15, 0.2) is 34.9 Å². The summed E-state index contributed by atoms with van der Waals surface area (Å²) in [5, 5.41) is 0.226. The Bertz CT molecular complexity index is 451. The number of hydrogen-bond donors (Lipinski definition) is 1. The van der Waals surface area contributed by atoms with E-state index in [2.05, 4.69) is 40.5 Å². The van der Waals surface area contributed by atoms with Crippen molar-refractivity contribution in [2.24, 2.45) is 5.73 Å². The molecule has 17 heavy (non-hydrogen) atoms. The van der Waals surface area contributed by atoms with Gasteiger partial charge in [0.05, 0.1) is 5.25 Å². The topological polar surface area (TPSA) is 51.8 Å². The van der Waals surface area contributed by atoms with E-state index in [4.69, 9.17) is 5.73 Å². The van der Waals surface area contributed by atoms with Gasteiger partial charge in [0.2, 0.25) is 0 Å². The van der Waals surface area contributed by atoms with E-state index in [-0.39, 0.29) is 11.3 Å². The van der Waals surface area contributed by atoms with Crippen molar-refractivity contribution >= 4 is 23.3 Å². The summed E-state index contributed by atoms with van der Waals surface area (Å²) in [6.07, 6.45) is 1.58. The third kappa shape index (κ3) is 3.28. The summed E-state index contributed by atoms with van der Waals surface area (Å²) in [6.45, 7) is 4.11. The number of nitrogens with two attached hydrogens (primary N) is 1. The van der Waals surface area contributed by atoms with E-state index in [9.17, 15) is 0 Å². The highest BCUT2D eigenvalue weighted by Gasteiger charge is 2.19. The maximum absolute atomic E-state index is 6.06. The molecule has 0 amide bonds. The minimum atomic E-state index is 0.0756. The van der Waals surface area contributed by atoms with Crippen LogP contribution in [0.25, 0.3) is 0 Å². The van der Waals surface area contributed by atoms with Gasteiger partial charge in [0.25, 0.3) is 0 Å². The maximum atomic E-state index is 6.06. The lowest BCUT2D eigenvalue weighted by Gasteiger charge is -2.19. The first-order valence-electron chi connectivity index (χ1n) is 5.42. The van der Waals surface area contributed by atoms with E-state index < -0.39 is 0 Å². The fraction of sp³-hybridized carbons (Fsp3) is 0.333. The zero-order chi connectivity index (χ0) is 12.3. The first kappa shape index (κ1) is 12.5. The van der Waals surface area contributed by atoms with Crippen molar-refractivity contribution in [3.63, 3.8) is 0 Å². The molecule has 3 nitrogen and oxygen atoms in total. The molecule has 2 unspecified atom stereocenters. The molecule has 5 heteroatoms. The average molecular weight is 265 g/mol. The van der Waals surface area contributed by atoms with Gasteiger partial charge in [0.1, 0.15) is 6.33 Å². The lowest BCUT2D eigenvalue weighted by molar-refractivity contribution is 0.721. The summed E-state index contributed by atoms with van der Waals surface area (Å²) < 4.78 is 4.98. The second-order valence-electron chi connectivity index (χ2n) is 4.02. The summed E-state index contributed by atoms with van der Waals surface area (Å²) >= 11 is 3.10. The van der Waals surface area contributed by atoms with Crippen LogP contribution in [-0.4, -0.2) is 15.4 Å². The zero-order valence-electron chi connectivity index (χ0n) is 9.83. The minimum absolute atomic E-state index is 0.0756. The molecule has 90 valence electrons. The van der Waals surface area contributed by atoms with Gasteiger partial charge in [-0.25, -0.2) is 4.98 Å². The average Bonchev–Trinajstić information content (AvgIpc) is 2.80. The molecule has 1 aromatic heterocycles. The Kier molecular flexibility index (Phi) is 4.15. The Morgan fingerprint density at radius 1 is 1.29 bits per heavy atom. The fourth-order valence-corrected chi connectivity index (χ4v) is 3.28. The van der Waals surface area contributed by atoms with Crippen LogP contribution in [0.4, 0.5) is 0 Å². The van der Waals surface area contributed by atoms with Gasteiger partial charge in [0.15, 0.2) is 4.34 Å². The largest absolute Gasteiger partial charge is 0.327 e. The van der Waals surface area contributed by atoms with E-state index in [0.29, 0.717) is 0 Å². The first-order chi connectivity index (χ1) is 8.16. The Morgan fingerprint density at radius 3 is 2.53 bits per heavy atom. The molecule has 0 aliphatic heterocycles. The maximum Gasteiger partial charge on any atom is 0.170 e. The van der Waals surface area contributed by atoms with E-state index in [1.54, 1.807) is 18.1 Å². The highest BCUT2D eigenvalue weighted by molar-refractivity contribution is 8.01. The molecule has 2 N–H and O–H groups in total. The van der Waals surface area contributed by atoms with Gasteiger partial charge in [-0.2, -0.15) is 4.37 Å². The minimum Gasteiger partial charge on any atom is -0.327 e. The van der Waals surface area contributed by atoms with Crippen LogP contribution in [0.2, 0.25) is 0 Å². The number of nitrogens with zero attached hydrogens (tertiary/aromatic N) is 2. The summed E-state index contributed by atoms with van der Waals surface area (Å²) in [4.78, 5) is 4.20. The lowest BCUT2D eigenvalue weighted by Crippen LogP contribution is -2.22. The monoisotopic (exact) mass is 265 g/mol. The molecule has 1 heterocycles. The quantitative estimate of drug-likeness (QED) is 0.863. The molecule has 0 bridgehead atoms. The smallest absolute Gasteiger partial charge is 0.170 e. The Labute approximate surface area is 110 Å². The Hall–Kier alpha value is -0.910. The molecule has 0 radical (unpaired) electrons.